The molecular formula is C16H17O2S. The van der Waals surface area contributed by atoms with Gasteiger partial charge in [-0.25, -0.2) is 10.0 Å². The van der Waals surface area contributed by atoms with E-state index in [4.69, 9.17) is 4.74 Å². The molecule has 0 spiro atoms. The molecule has 0 aliphatic carbocycles. The number of phenols is 1. The summed E-state index contributed by atoms with van der Waals surface area (Å²) in [5.41, 5.74) is 2.84. The van der Waals surface area contributed by atoms with Crippen molar-refractivity contribution in [2.24, 2.45) is 0 Å². The Kier molecular flexibility index (Phi) is 2.94. The summed E-state index contributed by atoms with van der Waals surface area (Å²) in [6.07, 6.45) is 2.35. The highest BCUT2D eigenvalue weighted by Gasteiger charge is 2.30. The summed E-state index contributed by atoms with van der Waals surface area (Å²) in [7, 11) is 0.690. The Morgan fingerprint density at radius 2 is 2.00 bits per heavy atom. The zero-order valence-electron chi connectivity index (χ0n) is 11.1. The molecule has 3 rings (SSSR count). The number of benzene rings is 2. The first-order valence-corrected chi connectivity index (χ1v) is 8.59. The van der Waals surface area contributed by atoms with Crippen molar-refractivity contribution in [3.63, 3.8) is 0 Å². The minimum atomic E-state index is -0.902. The Labute approximate surface area is 115 Å². The largest absolute Gasteiger partial charge is 0.504 e. The molecule has 1 aliphatic heterocycles. The molecule has 0 aromatic heterocycles. The lowest BCUT2D eigenvalue weighted by Crippen LogP contribution is -1.98. The van der Waals surface area contributed by atoms with Crippen molar-refractivity contribution in [3.05, 3.63) is 53.6 Å². The standard InChI is InChI=1S/C16H17O2S/c1-18-16-9-14(7-8-15(16)17)19(2)10-12-5-3-4-6-13(12)11-19/h3,5-9,17H,10-11H2,1-2H3. The van der Waals surface area contributed by atoms with E-state index in [2.05, 4.69) is 24.5 Å². The number of hydrogen-bond acceptors (Lipinski definition) is 2. The molecule has 99 valence electrons. The fourth-order valence-electron chi connectivity index (χ4n) is 2.64. The van der Waals surface area contributed by atoms with Crippen LogP contribution in [0.1, 0.15) is 11.1 Å². The monoisotopic (exact) mass is 273 g/mol. The second kappa shape index (κ2) is 4.49. The molecule has 2 aromatic rings. The molecule has 1 atom stereocenters. The normalized spacial score (nSPS) is 17.8. The average molecular weight is 273 g/mol. The van der Waals surface area contributed by atoms with Gasteiger partial charge in [-0.2, -0.15) is 0 Å². The van der Waals surface area contributed by atoms with E-state index in [9.17, 15) is 5.11 Å². The lowest BCUT2D eigenvalue weighted by Gasteiger charge is -2.31. The fraction of sp³-hybridized carbons (Fsp3) is 0.250. The summed E-state index contributed by atoms with van der Waals surface area (Å²) >= 11 is 0. The van der Waals surface area contributed by atoms with Gasteiger partial charge in [0.05, 0.1) is 7.11 Å². The topological polar surface area (TPSA) is 29.5 Å². The number of rotatable bonds is 2. The summed E-state index contributed by atoms with van der Waals surface area (Å²) in [5, 5.41) is 9.71. The second-order valence-electron chi connectivity index (χ2n) is 5.09. The minimum absolute atomic E-state index is 0.207. The summed E-state index contributed by atoms with van der Waals surface area (Å²) in [4.78, 5) is 1.29. The molecule has 0 saturated heterocycles. The van der Waals surface area contributed by atoms with Gasteiger partial charge in [0.1, 0.15) is 0 Å². The first-order valence-electron chi connectivity index (χ1n) is 6.21. The lowest BCUT2D eigenvalue weighted by atomic mass is 10.1. The predicted octanol–water partition coefficient (Wildman–Crippen LogP) is 3.71. The van der Waals surface area contributed by atoms with E-state index < -0.39 is 10.0 Å². The molecule has 19 heavy (non-hydrogen) atoms. The van der Waals surface area contributed by atoms with Crippen LogP contribution < -0.4 is 4.74 Å². The van der Waals surface area contributed by atoms with Crippen LogP contribution in [0.15, 0.2) is 41.3 Å². The third-order valence-electron chi connectivity index (χ3n) is 3.72. The molecule has 1 aliphatic rings. The molecule has 0 saturated carbocycles. The van der Waals surface area contributed by atoms with Gasteiger partial charge in [0, 0.05) is 11.5 Å². The van der Waals surface area contributed by atoms with E-state index in [0.29, 0.717) is 5.75 Å². The van der Waals surface area contributed by atoms with Gasteiger partial charge in [-0.3, -0.25) is 0 Å². The Morgan fingerprint density at radius 1 is 1.21 bits per heavy atom. The molecule has 2 aromatic carbocycles. The molecule has 0 amide bonds. The summed E-state index contributed by atoms with van der Waals surface area (Å²) in [6, 6.07) is 15.2. The van der Waals surface area contributed by atoms with Gasteiger partial charge in [-0.05, 0) is 46.5 Å². The van der Waals surface area contributed by atoms with Crippen LogP contribution in [-0.4, -0.2) is 18.5 Å². The third-order valence-corrected chi connectivity index (χ3v) is 7.01. The van der Waals surface area contributed by atoms with Crippen molar-refractivity contribution < 1.29 is 9.84 Å². The fourth-order valence-corrected chi connectivity index (χ4v) is 5.79. The van der Waals surface area contributed by atoms with Crippen LogP contribution in [0, 0.1) is 6.07 Å². The second-order valence-corrected chi connectivity index (χ2v) is 8.69. The van der Waals surface area contributed by atoms with Crippen molar-refractivity contribution in [3.8, 4) is 11.5 Å². The Morgan fingerprint density at radius 3 is 2.74 bits per heavy atom. The Hall–Kier alpha value is -1.61. The first kappa shape index (κ1) is 12.4. The highest BCUT2D eigenvalue weighted by atomic mass is 32.3. The molecular weight excluding hydrogens is 256 g/mol. The van der Waals surface area contributed by atoms with Crippen molar-refractivity contribution >= 4 is 10.0 Å². The van der Waals surface area contributed by atoms with E-state index in [1.54, 1.807) is 13.2 Å². The number of phenolic OH excluding ortho intramolecular Hbond substituents is 1. The molecule has 1 N–H and O–H groups in total. The van der Waals surface area contributed by atoms with Crippen molar-refractivity contribution in [2.45, 2.75) is 16.4 Å². The summed E-state index contributed by atoms with van der Waals surface area (Å²) in [6.45, 7) is 0. The van der Waals surface area contributed by atoms with E-state index in [1.165, 1.54) is 16.0 Å². The smallest absolute Gasteiger partial charge is 0.161 e. The molecule has 0 bridgehead atoms. The molecule has 1 unspecified atom stereocenters. The lowest BCUT2D eigenvalue weighted by molar-refractivity contribution is 0.372. The average Bonchev–Trinajstić information content (AvgIpc) is 2.76. The Balaban J connectivity index is 2.00. The first-order chi connectivity index (χ1) is 9.12. The maximum absolute atomic E-state index is 9.71. The molecule has 0 fully saturated rings. The van der Waals surface area contributed by atoms with Crippen molar-refractivity contribution in [2.75, 3.05) is 13.4 Å². The highest BCUT2D eigenvalue weighted by Crippen LogP contribution is 2.63. The van der Waals surface area contributed by atoms with Gasteiger partial charge < -0.3 is 9.84 Å². The van der Waals surface area contributed by atoms with Crippen LogP contribution in [0.3, 0.4) is 0 Å². The zero-order chi connectivity index (χ0) is 13.5. The zero-order valence-corrected chi connectivity index (χ0v) is 12.0. The van der Waals surface area contributed by atoms with Gasteiger partial charge in [-0.1, -0.05) is 18.2 Å². The molecule has 1 radical (unpaired) electrons. The quantitative estimate of drug-likeness (QED) is 0.904. The van der Waals surface area contributed by atoms with Crippen LogP contribution in [0.25, 0.3) is 0 Å². The van der Waals surface area contributed by atoms with Gasteiger partial charge >= 0.3 is 0 Å². The highest BCUT2D eigenvalue weighted by molar-refractivity contribution is 8.32. The molecule has 2 nitrogen and oxygen atoms in total. The van der Waals surface area contributed by atoms with Crippen molar-refractivity contribution in [1.29, 1.82) is 0 Å². The maximum Gasteiger partial charge on any atom is 0.161 e. The van der Waals surface area contributed by atoms with Gasteiger partial charge in [-0.15, -0.1) is 0 Å². The van der Waals surface area contributed by atoms with E-state index >= 15 is 0 Å². The predicted molar refractivity (Wildman–Crippen MR) is 79.1 cm³/mol. The van der Waals surface area contributed by atoms with Crippen LogP contribution >= 0.6 is 10.0 Å². The van der Waals surface area contributed by atoms with Gasteiger partial charge in [0.25, 0.3) is 0 Å². The van der Waals surface area contributed by atoms with Crippen LogP contribution in [0.5, 0.6) is 11.5 Å². The third kappa shape index (κ3) is 2.08. The van der Waals surface area contributed by atoms with E-state index in [-0.39, 0.29) is 5.75 Å². The number of ether oxygens (including phenoxy) is 1. The van der Waals surface area contributed by atoms with Gasteiger partial charge in [0.15, 0.2) is 11.5 Å². The van der Waals surface area contributed by atoms with E-state index in [1.807, 2.05) is 18.2 Å². The van der Waals surface area contributed by atoms with Crippen LogP contribution in [0.4, 0.5) is 0 Å². The maximum atomic E-state index is 9.71. The van der Waals surface area contributed by atoms with Crippen molar-refractivity contribution in [1.82, 2.24) is 0 Å². The minimum Gasteiger partial charge on any atom is -0.504 e. The number of aromatic hydroxyl groups is 1. The summed E-state index contributed by atoms with van der Waals surface area (Å²) < 4.78 is 5.22. The van der Waals surface area contributed by atoms with Gasteiger partial charge in [0.2, 0.25) is 0 Å². The number of fused-ring (bicyclic) bond motifs is 1. The SMILES string of the molecule is COc1cc(S2(C)Cc3c[c]ccc3C2)ccc1O. The van der Waals surface area contributed by atoms with Crippen LogP contribution in [-0.2, 0) is 11.5 Å². The Bertz CT molecular complexity index is 597. The van der Waals surface area contributed by atoms with E-state index in [0.717, 1.165) is 11.5 Å². The summed E-state index contributed by atoms with van der Waals surface area (Å²) in [5.74, 6) is 2.96. The number of methoxy groups -OCH3 is 1. The molecule has 3 heteroatoms. The number of hydrogen-bond donors (Lipinski definition) is 1. The van der Waals surface area contributed by atoms with Crippen LogP contribution in [0.2, 0.25) is 0 Å². The molecule has 1 heterocycles.